The minimum absolute atomic E-state index is 0.0983. The van der Waals surface area contributed by atoms with E-state index in [9.17, 15) is 18.0 Å². The van der Waals surface area contributed by atoms with Gasteiger partial charge in [-0.1, -0.05) is 70.7 Å². The molecule has 9 heteroatoms. The Kier molecular flexibility index (Phi) is 9.92. The van der Waals surface area contributed by atoms with Crippen molar-refractivity contribution >= 4 is 43.5 Å². The van der Waals surface area contributed by atoms with Gasteiger partial charge in [0.1, 0.15) is 12.6 Å². The number of nitrogens with zero attached hydrogens (tertiary/aromatic N) is 2. The topological polar surface area (TPSA) is 86.8 Å². The van der Waals surface area contributed by atoms with Crippen LogP contribution < -0.4 is 9.62 Å². The van der Waals surface area contributed by atoms with Crippen LogP contribution in [-0.4, -0.2) is 43.8 Å². The Bertz CT molecular complexity index is 1500. The Morgan fingerprint density at radius 1 is 0.976 bits per heavy atom. The number of halogens is 1. The van der Waals surface area contributed by atoms with Crippen molar-refractivity contribution in [1.29, 1.82) is 0 Å². The summed E-state index contributed by atoms with van der Waals surface area (Å²) in [6.45, 7) is 7.06. The zero-order valence-electron chi connectivity index (χ0n) is 24.1. The summed E-state index contributed by atoms with van der Waals surface area (Å²) in [6, 6.07) is 18.9. The number of hydrogen-bond acceptors (Lipinski definition) is 4. The summed E-state index contributed by atoms with van der Waals surface area (Å²) in [5.41, 5.74) is 3.87. The first-order chi connectivity index (χ1) is 19.5. The fourth-order valence-corrected chi connectivity index (χ4v) is 7.08. The molecule has 0 radical (unpaired) electrons. The average molecular weight is 641 g/mol. The van der Waals surface area contributed by atoms with Gasteiger partial charge in [0.2, 0.25) is 11.8 Å². The molecule has 1 aliphatic carbocycles. The van der Waals surface area contributed by atoms with Crippen LogP contribution in [0.5, 0.6) is 0 Å². The van der Waals surface area contributed by atoms with Crippen LogP contribution in [0, 0.1) is 20.8 Å². The molecule has 1 fully saturated rings. The molecule has 0 unspecified atom stereocenters. The molecule has 218 valence electrons. The molecule has 41 heavy (non-hydrogen) atoms. The highest BCUT2D eigenvalue weighted by Gasteiger charge is 2.34. The number of benzene rings is 3. The Morgan fingerprint density at radius 3 is 2.29 bits per heavy atom. The Balaban J connectivity index is 1.72. The molecule has 1 N–H and O–H groups in total. The lowest BCUT2D eigenvalue weighted by Gasteiger charge is -2.33. The first kappa shape index (κ1) is 30.8. The largest absolute Gasteiger partial charge is 0.352 e. The van der Waals surface area contributed by atoms with Crippen LogP contribution in [0.4, 0.5) is 5.69 Å². The number of aryl methyl sites for hydroxylation is 2. The van der Waals surface area contributed by atoms with E-state index in [0.717, 1.165) is 52.4 Å². The highest BCUT2D eigenvalue weighted by Crippen LogP contribution is 2.29. The van der Waals surface area contributed by atoms with E-state index >= 15 is 0 Å². The summed E-state index contributed by atoms with van der Waals surface area (Å²) < 4.78 is 30.2. The number of carbonyl (C=O) groups excluding carboxylic acids is 2. The Labute approximate surface area is 252 Å². The van der Waals surface area contributed by atoms with E-state index in [1.807, 2.05) is 51.1 Å². The van der Waals surface area contributed by atoms with Gasteiger partial charge in [-0.05, 0) is 87.6 Å². The van der Waals surface area contributed by atoms with Gasteiger partial charge in [-0.2, -0.15) is 0 Å². The van der Waals surface area contributed by atoms with Crippen LogP contribution in [0.2, 0.25) is 0 Å². The Morgan fingerprint density at radius 2 is 1.63 bits per heavy atom. The van der Waals surface area contributed by atoms with E-state index in [2.05, 4.69) is 21.2 Å². The predicted octanol–water partition coefficient (Wildman–Crippen LogP) is 6.05. The molecule has 3 aromatic rings. The van der Waals surface area contributed by atoms with Gasteiger partial charge in [-0.3, -0.25) is 13.9 Å². The van der Waals surface area contributed by atoms with Gasteiger partial charge in [0.05, 0.1) is 10.6 Å². The highest BCUT2D eigenvalue weighted by molar-refractivity contribution is 9.10. The van der Waals surface area contributed by atoms with E-state index in [-0.39, 0.29) is 23.4 Å². The van der Waals surface area contributed by atoms with Crippen molar-refractivity contribution in [1.82, 2.24) is 10.2 Å². The molecule has 2 amide bonds. The van der Waals surface area contributed by atoms with Gasteiger partial charge in [0.25, 0.3) is 10.0 Å². The van der Waals surface area contributed by atoms with Crippen molar-refractivity contribution in [3.63, 3.8) is 0 Å². The molecule has 4 rings (SSSR count). The number of hydrogen-bond donors (Lipinski definition) is 1. The standard InChI is InChI=1S/C32H38BrN3O4S/c1-22-15-17-29(18-16-22)41(39,40)36(30-14-7-9-23(2)24(30)3)21-31(37)35(20-26-10-8-11-27(33)19-26)25(4)32(38)34-28-12-5-6-13-28/h7-11,14-19,25,28H,5-6,12-13,20-21H2,1-4H3,(H,34,38)/t25-/m1/s1. The van der Waals surface area contributed by atoms with Crippen molar-refractivity contribution in [2.45, 2.75) is 76.9 Å². The van der Waals surface area contributed by atoms with Crippen molar-refractivity contribution < 1.29 is 18.0 Å². The fourth-order valence-electron chi connectivity index (χ4n) is 5.16. The third-order valence-electron chi connectivity index (χ3n) is 7.84. The number of anilines is 1. The van der Waals surface area contributed by atoms with Crippen molar-refractivity contribution in [3.8, 4) is 0 Å². The van der Waals surface area contributed by atoms with Gasteiger partial charge < -0.3 is 10.2 Å². The maximum atomic E-state index is 14.2. The maximum Gasteiger partial charge on any atom is 0.264 e. The second kappa shape index (κ2) is 13.2. The summed E-state index contributed by atoms with van der Waals surface area (Å²) in [6.07, 6.45) is 3.99. The zero-order chi connectivity index (χ0) is 29.7. The molecule has 0 bridgehead atoms. The fraction of sp³-hybridized carbons (Fsp3) is 0.375. The van der Waals surface area contributed by atoms with Crippen molar-refractivity contribution in [3.05, 3.63) is 93.5 Å². The molecule has 0 saturated heterocycles. The SMILES string of the molecule is Cc1ccc(S(=O)(=O)N(CC(=O)N(Cc2cccc(Br)c2)[C@H](C)C(=O)NC2CCCC2)c2cccc(C)c2C)cc1. The van der Waals surface area contributed by atoms with Gasteiger partial charge in [-0.25, -0.2) is 8.42 Å². The molecule has 1 atom stereocenters. The van der Waals surface area contributed by atoms with E-state index in [0.29, 0.717) is 5.69 Å². The molecule has 0 heterocycles. The molecule has 1 saturated carbocycles. The highest BCUT2D eigenvalue weighted by atomic mass is 79.9. The molecule has 3 aromatic carbocycles. The number of sulfonamides is 1. The second-order valence-electron chi connectivity index (χ2n) is 10.9. The van der Waals surface area contributed by atoms with E-state index in [1.165, 1.54) is 9.21 Å². The van der Waals surface area contributed by atoms with Gasteiger partial charge in [-0.15, -0.1) is 0 Å². The quantitative estimate of drug-likeness (QED) is 0.293. The molecular weight excluding hydrogens is 602 g/mol. The summed E-state index contributed by atoms with van der Waals surface area (Å²) in [5.74, 6) is -0.699. The summed E-state index contributed by atoms with van der Waals surface area (Å²) in [4.78, 5) is 29.1. The molecule has 1 aliphatic rings. The van der Waals surface area contributed by atoms with E-state index < -0.39 is 28.5 Å². The summed E-state index contributed by atoms with van der Waals surface area (Å²) >= 11 is 3.49. The lowest BCUT2D eigenvalue weighted by atomic mass is 10.1. The third kappa shape index (κ3) is 7.38. The van der Waals surface area contributed by atoms with Crippen molar-refractivity contribution in [2.75, 3.05) is 10.8 Å². The van der Waals surface area contributed by atoms with Crippen LogP contribution in [0.3, 0.4) is 0 Å². The molecule has 7 nitrogen and oxygen atoms in total. The normalized spacial score (nSPS) is 14.5. The van der Waals surface area contributed by atoms with Crippen LogP contribution in [0.1, 0.15) is 54.9 Å². The smallest absolute Gasteiger partial charge is 0.264 e. The first-order valence-corrected chi connectivity index (χ1v) is 16.2. The average Bonchev–Trinajstić information content (AvgIpc) is 3.45. The monoisotopic (exact) mass is 639 g/mol. The van der Waals surface area contributed by atoms with Gasteiger partial charge >= 0.3 is 0 Å². The summed E-state index contributed by atoms with van der Waals surface area (Å²) in [5, 5.41) is 3.10. The number of rotatable bonds is 10. The van der Waals surface area contributed by atoms with Crippen LogP contribution in [0.15, 0.2) is 76.1 Å². The second-order valence-corrected chi connectivity index (χ2v) is 13.6. The van der Waals surface area contributed by atoms with Gasteiger partial charge in [0, 0.05) is 17.1 Å². The lowest BCUT2D eigenvalue weighted by molar-refractivity contribution is -0.139. The van der Waals surface area contributed by atoms with Crippen LogP contribution >= 0.6 is 15.9 Å². The molecule has 0 aromatic heterocycles. The number of amides is 2. The van der Waals surface area contributed by atoms with Crippen molar-refractivity contribution in [2.24, 2.45) is 0 Å². The molecule has 0 aliphatic heterocycles. The summed E-state index contributed by atoms with van der Waals surface area (Å²) in [7, 11) is -4.11. The first-order valence-electron chi connectivity index (χ1n) is 14.0. The minimum Gasteiger partial charge on any atom is -0.352 e. The Hall–Kier alpha value is -3.17. The zero-order valence-corrected chi connectivity index (χ0v) is 26.5. The molecule has 0 spiro atoms. The van der Waals surface area contributed by atoms with Crippen LogP contribution in [-0.2, 0) is 26.2 Å². The maximum absolute atomic E-state index is 14.2. The number of nitrogens with one attached hydrogen (secondary N) is 1. The lowest BCUT2D eigenvalue weighted by Crippen LogP contribution is -2.52. The number of carbonyl (C=O) groups is 2. The minimum atomic E-state index is -4.11. The van der Waals surface area contributed by atoms with E-state index in [4.69, 9.17) is 0 Å². The predicted molar refractivity (Wildman–Crippen MR) is 166 cm³/mol. The van der Waals surface area contributed by atoms with E-state index in [1.54, 1.807) is 43.3 Å². The molecular formula is C32H38BrN3O4S. The van der Waals surface area contributed by atoms with Gasteiger partial charge in [0.15, 0.2) is 0 Å². The van der Waals surface area contributed by atoms with Crippen LogP contribution in [0.25, 0.3) is 0 Å². The third-order valence-corrected chi connectivity index (χ3v) is 10.1.